The van der Waals surface area contributed by atoms with Crippen LogP contribution in [0.2, 0.25) is 0 Å². The molecule has 4 saturated carbocycles. The number of aliphatic hydroxyl groups excluding tert-OH is 6. The van der Waals surface area contributed by atoms with E-state index in [0.717, 1.165) is 32.1 Å². The normalized spacial score (nSPS) is 54.6. The van der Waals surface area contributed by atoms with Crippen LogP contribution < -0.4 is 0 Å². The van der Waals surface area contributed by atoms with Gasteiger partial charge >= 0.3 is 0 Å². The third-order valence-corrected chi connectivity index (χ3v) is 11.3. The van der Waals surface area contributed by atoms with Crippen molar-refractivity contribution in [2.45, 2.75) is 115 Å². The Morgan fingerprint density at radius 3 is 2.21 bits per heavy atom. The molecule has 0 aromatic rings. The molecule has 7 heteroatoms. The molecule has 0 heterocycles. The minimum Gasteiger partial charge on any atom is -0.396 e. The van der Waals surface area contributed by atoms with Crippen molar-refractivity contribution in [1.82, 2.24) is 0 Å². The molecule has 0 saturated heterocycles. The Balaban J connectivity index is 1.63. The molecule has 7 N–H and O–H groups in total. The summed E-state index contributed by atoms with van der Waals surface area (Å²) in [5.74, 6) is -0.609. The van der Waals surface area contributed by atoms with E-state index in [1.165, 1.54) is 0 Å². The average molecular weight is 485 g/mol. The molecular formula is C27H48O7. The lowest BCUT2D eigenvalue weighted by Crippen LogP contribution is -2.73. The van der Waals surface area contributed by atoms with Crippen molar-refractivity contribution in [3.63, 3.8) is 0 Å². The first kappa shape index (κ1) is 26.8. The Morgan fingerprint density at radius 1 is 0.882 bits per heavy atom. The number of hydrogen-bond donors (Lipinski definition) is 7. The molecule has 0 aliphatic heterocycles. The topological polar surface area (TPSA) is 142 Å². The van der Waals surface area contributed by atoms with Gasteiger partial charge < -0.3 is 35.7 Å². The Morgan fingerprint density at radius 2 is 1.56 bits per heavy atom. The Hall–Kier alpha value is -0.280. The van der Waals surface area contributed by atoms with Gasteiger partial charge in [-0.1, -0.05) is 40.5 Å². The summed E-state index contributed by atoms with van der Waals surface area (Å²) >= 11 is 0. The molecule has 4 aliphatic carbocycles. The molecule has 0 spiro atoms. The lowest BCUT2D eigenvalue weighted by Gasteiger charge is -2.66. The maximum absolute atomic E-state index is 11.6. The molecule has 4 rings (SSSR count). The summed E-state index contributed by atoms with van der Waals surface area (Å²) in [6.07, 6.45) is 0.224. The van der Waals surface area contributed by atoms with Gasteiger partial charge in [-0.15, -0.1) is 0 Å². The van der Waals surface area contributed by atoms with Gasteiger partial charge in [-0.05, 0) is 73.0 Å². The van der Waals surface area contributed by atoms with Gasteiger partial charge in [0.2, 0.25) is 0 Å². The molecule has 0 aromatic heterocycles. The van der Waals surface area contributed by atoms with Crippen molar-refractivity contribution >= 4 is 0 Å². The fraction of sp³-hybridized carbons (Fsp3) is 1.00. The summed E-state index contributed by atoms with van der Waals surface area (Å²) in [6.45, 7) is 8.45. The molecule has 0 amide bonds. The Bertz CT molecular complexity index is 734. The first-order chi connectivity index (χ1) is 15.8. The van der Waals surface area contributed by atoms with Crippen LogP contribution in [0.1, 0.15) is 79.1 Å². The molecule has 14 atom stereocenters. The quantitative estimate of drug-likeness (QED) is 0.302. The van der Waals surface area contributed by atoms with Gasteiger partial charge in [-0.25, -0.2) is 0 Å². The molecule has 0 bridgehead atoms. The third kappa shape index (κ3) is 3.72. The van der Waals surface area contributed by atoms with Gasteiger partial charge in [-0.3, -0.25) is 0 Å². The van der Waals surface area contributed by atoms with Crippen LogP contribution in [0, 0.1) is 46.3 Å². The highest BCUT2D eigenvalue weighted by molar-refractivity contribution is 5.21. The second kappa shape index (κ2) is 9.23. The molecular weight excluding hydrogens is 436 g/mol. The average Bonchev–Trinajstić information content (AvgIpc) is 2.99. The van der Waals surface area contributed by atoms with E-state index in [2.05, 4.69) is 13.8 Å². The van der Waals surface area contributed by atoms with Gasteiger partial charge in [0.05, 0.1) is 24.4 Å². The van der Waals surface area contributed by atoms with E-state index in [-0.39, 0.29) is 48.0 Å². The lowest BCUT2D eigenvalue weighted by molar-refractivity contribution is -0.301. The predicted octanol–water partition coefficient (Wildman–Crippen LogP) is 1.44. The highest BCUT2D eigenvalue weighted by atomic mass is 16.4. The zero-order valence-electron chi connectivity index (χ0n) is 21.3. The third-order valence-electron chi connectivity index (χ3n) is 11.3. The zero-order chi connectivity index (χ0) is 25.2. The molecule has 0 aromatic carbocycles. The molecule has 0 radical (unpaired) electrons. The summed E-state index contributed by atoms with van der Waals surface area (Å²) in [5, 5.41) is 76.5. The van der Waals surface area contributed by atoms with E-state index in [0.29, 0.717) is 12.8 Å². The minimum absolute atomic E-state index is 0.0456. The number of rotatable bonds is 6. The maximum atomic E-state index is 11.6. The van der Waals surface area contributed by atoms with E-state index in [1.54, 1.807) is 0 Å². The van der Waals surface area contributed by atoms with Crippen LogP contribution in [0.15, 0.2) is 0 Å². The van der Waals surface area contributed by atoms with Crippen LogP contribution in [-0.4, -0.2) is 78.5 Å². The van der Waals surface area contributed by atoms with E-state index >= 15 is 0 Å². The Kier molecular flexibility index (Phi) is 7.27. The second-order valence-electron chi connectivity index (χ2n) is 13.1. The van der Waals surface area contributed by atoms with Crippen molar-refractivity contribution in [2.24, 2.45) is 46.3 Å². The maximum Gasteiger partial charge on any atom is 0.109 e. The van der Waals surface area contributed by atoms with Gasteiger partial charge in [0.15, 0.2) is 0 Å². The summed E-state index contributed by atoms with van der Waals surface area (Å²) in [5.41, 5.74) is -2.63. The van der Waals surface area contributed by atoms with E-state index in [4.69, 9.17) is 0 Å². The zero-order valence-corrected chi connectivity index (χ0v) is 21.3. The van der Waals surface area contributed by atoms with Crippen LogP contribution in [0.3, 0.4) is 0 Å². The minimum atomic E-state index is -1.57. The number of fused-ring (bicyclic) bond motifs is 5. The summed E-state index contributed by atoms with van der Waals surface area (Å²) in [6, 6.07) is 0. The molecule has 14 unspecified atom stereocenters. The predicted molar refractivity (Wildman–Crippen MR) is 128 cm³/mol. The molecule has 4 fully saturated rings. The highest BCUT2D eigenvalue weighted by Gasteiger charge is 2.72. The van der Waals surface area contributed by atoms with Crippen LogP contribution in [0.5, 0.6) is 0 Å². The van der Waals surface area contributed by atoms with Crippen LogP contribution in [-0.2, 0) is 0 Å². The lowest BCUT2D eigenvalue weighted by atomic mass is 9.41. The van der Waals surface area contributed by atoms with Gasteiger partial charge in [0, 0.05) is 18.4 Å². The van der Waals surface area contributed by atoms with Crippen LogP contribution in [0.25, 0.3) is 0 Å². The Labute approximate surface area is 204 Å². The second-order valence-corrected chi connectivity index (χ2v) is 13.1. The molecule has 34 heavy (non-hydrogen) atoms. The summed E-state index contributed by atoms with van der Waals surface area (Å²) < 4.78 is 0. The van der Waals surface area contributed by atoms with Crippen LogP contribution in [0.4, 0.5) is 0 Å². The number of aliphatic hydroxyl groups is 7. The fourth-order valence-corrected chi connectivity index (χ4v) is 9.41. The molecule has 7 nitrogen and oxygen atoms in total. The van der Waals surface area contributed by atoms with Gasteiger partial charge in [0.1, 0.15) is 11.7 Å². The standard InChI is InChI=1S/C27H48O7/c1-14(13-28)6-5-7-15(2)19-22(31)23(32)20-18-17(9-10-25(19,20)3)26(4)11-8-16(29)12-27(26,34)24(33)21(18)30/h14-24,28-34H,5-13H2,1-4H3. The van der Waals surface area contributed by atoms with Crippen molar-refractivity contribution in [2.75, 3.05) is 6.61 Å². The smallest absolute Gasteiger partial charge is 0.109 e. The van der Waals surface area contributed by atoms with Gasteiger partial charge in [-0.2, -0.15) is 0 Å². The summed E-state index contributed by atoms with van der Waals surface area (Å²) in [4.78, 5) is 0. The first-order valence-electron chi connectivity index (χ1n) is 13.6. The molecule has 198 valence electrons. The monoisotopic (exact) mass is 484 g/mol. The first-order valence-corrected chi connectivity index (χ1v) is 13.6. The highest BCUT2D eigenvalue weighted by Crippen LogP contribution is 2.69. The van der Waals surface area contributed by atoms with Crippen LogP contribution >= 0.6 is 0 Å². The van der Waals surface area contributed by atoms with Crippen molar-refractivity contribution in [1.29, 1.82) is 0 Å². The van der Waals surface area contributed by atoms with Crippen molar-refractivity contribution < 1.29 is 35.7 Å². The molecule has 4 aliphatic rings. The number of hydrogen-bond acceptors (Lipinski definition) is 7. The SMILES string of the molecule is CC(CO)CCCC(C)C1C(O)C(O)C2C3C(O)C(O)C4(O)CC(O)CCC4(C)C3CCC12C. The summed E-state index contributed by atoms with van der Waals surface area (Å²) in [7, 11) is 0. The van der Waals surface area contributed by atoms with E-state index in [9.17, 15) is 35.7 Å². The van der Waals surface area contributed by atoms with Crippen molar-refractivity contribution in [3.8, 4) is 0 Å². The van der Waals surface area contributed by atoms with E-state index < -0.39 is 47.5 Å². The van der Waals surface area contributed by atoms with Gasteiger partial charge in [0.25, 0.3) is 0 Å². The van der Waals surface area contributed by atoms with Crippen molar-refractivity contribution in [3.05, 3.63) is 0 Å². The largest absolute Gasteiger partial charge is 0.396 e. The van der Waals surface area contributed by atoms with E-state index in [1.807, 2.05) is 13.8 Å². The fourth-order valence-electron chi connectivity index (χ4n) is 9.41.